The van der Waals surface area contributed by atoms with Crippen LogP contribution >= 0.6 is 0 Å². The van der Waals surface area contributed by atoms with Gasteiger partial charge in [0.15, 0.2) is 0 Å². The van der Waals surface area contributed by atoms with Crippen molar-refractivity contribution in [3.8, 4) is 5.75 Å². The van der Waals surface area contributed by atoms with Gasteiger partial charge in [0.05, 0.1) is 6.61 Å². The largest absolute Gasteiger partial charge is 0.493 e. The molecule has 7 nitrogen and oxygen atoms in total. The van der Waals surface area contributed by atoms with Gasteiger partial charge in [0.25, 0.3) is 0 Å². The third kappa shape index (κ3) is 9.19. The van der Waals surface area contributed by atoms with E-state index in [2.05, 4.69) is 55.0 Å². The van der Waals surface area contributed by atoms with Crippen LogP contribution in [-0.4, -0.2) is 78.3 Å². The molecule has 0 amide bonds. The molecule has 0 saturated carbocycles. The second-order valence-electron chi connectivity index (χ2n) is 7.16. The highest BCUT2D eigenvalue weighted by atomic mass is 16.5. The van der Waals surface area contributed by atoms with Gasteiger partial charge in [-0.2, -0.15) is 0 Å². The number of ether oxygens (including phenoxy) is 1. The van der Waals surface area contributed by atoms with E-state index >= 15 is 0 Å². The molecule has 0 bridgehead atoms. The van der Waals surface area contributed by atoms with E-state index in [1.54, 1.807) is 0 Å². The number of piperazine rings is 1. The van der Waals surface area contributed by atoms with Gasteiger partial charge >= 0.3 is 11.9 Å². The summed E-state index contributed by atoms with van der Waals surface area (Å²) in [4.78, 5) is 23.2. The molecule has 1 unspecified atom stereocenters. The number of hydrogen-bond acceptors (Lipinski definition) is 5. The first-order valence-electron chi connectivity index (χ1n) is 9.94. The number of carbonyl (C=O) groups is 2. The number of para-hydroxylation sites is 1. The molecule has 0 aromatic heterocycles. The molecule has 0 aliphatic carbocycles. The Labute approximate surface area is 167 Å². The molecule has 28 heavy (non-hydrogen) atoms. The van der Waals surface area contributed by atoms with Gasteiger partial charge in [-0.05, 0) is 50.4 Å². The highest BCUT2D eigenvalue weighted by Crippen LogP contribution is 2.28. The van der Waals surface area contributed by atoms with Crippen molar-refractivity contribution >= 4 is 11.9 Å². The molecule has 1 fully saturated rings. The Bertz CT molecular complexity index is 588. The van der Waals surface area contributed by atoms with Crippen LogP contribution in [0.3, 0.4) is 0 Å². The Morgan fingerprint density at radius 2 is 1.68 bits per heavy atom. The number of hydrogen-bond donors (Lipinski definition) is 2. The predicted octanol–water partition coefficient (Wildman–Crippen LogP) is 2.76. The quantitative estimate of drug-likeness (QED) is 0.517. The lowest BCUT2D eigenvalue weighted by molar-refractivity contribution is -0.159. The lowest BCUT2D eigenvalue weighted by Gasteiger charge is -2.32. The van der Waals surface area contributed by atoms with Crippen molar-refractivity contribution in [3.05, 3.63) is 29.8 Å². The summed E-state index contributed by atoms with van der Waals surface area (Å²) in [6, 6.07) is 8.50. The molecule has 1 saturated heterocycles. The molecule has 1 aliphatic heterocycles. The Morgan fingerprint density at radius 1 is 1.07 bits per heavy atom. The number of aliphatic carboxylic acids is 2. The number of benzene rings is 1. The van der Waals surface area contributed by atoms with Crippen LogP contribution in [-0.2, 0) is 9.59 Å². The first-order valence-corrected chi connectivity index (χ1v) is 9.94. The van der Waals surface area contributed by atoms with E-state index in [-0.39, 0.29) is 0 Å². The third-order valence-corrected chi connectivity index (χ3v) is 4.97. The van der Waals surface area contributed by atoms with Crippen LogP contribution < -0.4 is 4.74 Å². The molecule has 1 aromatic carbocycles. The van der Waals surface area contributed by atoms with Crippen molar-refractivity contribution in [2.75, 3.05) is 46.4 Å². The summed E-state index contributed by atoms with van der Waals surface area (Å²) in [7, 11) is 2.21. The molecule has 1 aromatic rings. The number of unbranched alkanes of at least 4 members (excludes halogenated alkanes) is 1. The van der Waals surface area contributed by atoms with Gasteiger partial charge in [0.1, 0.15) is 5.75 Å². The number of carboxylic acids is 2. The van der Waals surface area contributed by atoms with Gasteiger partial charge in [-0.3, -0.25) is 0 Å². The molecule has 1 heterocycles. The van der Waals surface area contributed by atoms with E-state index in [0.717, 1.165) is 25.2 Å². The Morgan fingerprint density at radius 3 is 2.25 bits per heavy atom. The first kappa shape index (κ1) is 23.9. The fourth-order valence-electron chi connectivity index (χ4n) is 2.93. The molecule has 7 heteroatoms. The van der Waals surface area contributed by atoms with Crippen molar-refractivity contribution in [1.82, 2.24) is 9.80 Å². The summed E-state index contributed by atoms with van der Waals surface area (Å²) in [5.74, 6) is -2.00. The van der Waals surface area contributed by atoms with E-state index in [9.17, 15) is 0 Å². The molecule has 2 N–H and O–H groups in total. The zero-order chi connectivity index (χ0) is 20.9. The van der Waals surface area contributed by atoms with E-state index in [4.69, 9.17) is 24.5 Å². The molecule has 0 spiro atoms. The second-order valence-corrected chi connectivity index (χ2v) is 7.16. The van der Waals surface area contributed by atoms with Gasteiger partial charge in [-0.25, -0.2) is 9.59 Å². The third-order valence-electron chi connectivity index (χ3n) is 4.97. The second kappa shape index (κ2) is 13.1. The van der Waals surface area contributed by atoms with Gasteiger partial charge < -0.3 is 24.7 Å². The van der Waals surface area contributed by atoms with Crippen molar-refractivity contribution in [2.45, 2.75) is 39.0 Å². The van der Waals surface area contributed by atoms with Gasteiger partial charge in [0.2, 0.25) is 0 Å². The van der Waals surface area contributed by atoms with Gasteiger partial charge in [-0.15, -0.1) is 0 Å². The average Bonchev–Trinajstić information content (AvgIpc) is 2.69. The van der Waals surface area contributed by atoms with Crippen molar-refractivity contribution in [2.24, 2.45) is 0 Å². The summed E-state index contributed by atoms with van der Waals surface area (Å²) >= 11 is 0. The zero-order valence-corrected chi connectivity index (χ0v) is 17.3. The number of likely N-dealkylation sites (N-methyl/N-ethyl adjacent to an activating group) is 1. The zero-order valence-electron chi connectivity index (χ0n) is 17.3. The highest BCUT2D eigenvalue weighted by molar-refractivity contribution is 6.27. The lowest BCUT2D eigenvalue weighted by Crippen LogP contribution is -2.44. The highest BCUT2D eigenvalue weighted by Gasteiger charge is 2.13. The Kier molecular flexibility index (Phi) is 11.2. The minimum absolute atomic E-state index is 0.571. The van der Waals surface area contributed by atoms with E-state index < -0.39 is 11.9 Å². The van der Waals surface area contributed by atoms with E-state index in [0.29, 0.717) is 5.92 Å². The van der Waals surface area contributed by atoms with E-state index in [1.807, 2.05) is 0 Å². The van der Waals surface area contributed by atoms with Crippen molar-refractivity contribution in [1.29, 1.82) is 0 Å². The Balaban J connectivity index is 0.000000568. The number of rotatable bonds is 8. The number of nitrogens with zero attached hydrogens (tertiary/aromatic N) is 2. The molecule has 0 radical (unpaired) electrons. The summed E-state index contributed by atoms with van der Waals surface area (Å²) in [6.45, 7) is 11.4. The van der Waals surface area contributed by atoms with Crippen molar-refractivity contribution < 1.29 is 24.5 Å². The van der Waals surface area contributed by atoms with Gasteiger partial charge in [0, 0.05) is 26.2 Å². The number of carboxylic acid groups (broad SMARTS) is 2. The van der Waals surface area contributed by atoms with Crippen LogP contribution in [0.25, 0.3) is 0 Å². The molecule has 1 aliphatic rings. The van der Waals surface area contributed by atoms with Crippen LogP contribution in [0.5, 0.6) is 5.75 Å². The minimum atomic E-state index is -1.82. The summed E-state index contributed by atoms with van der Waals surface area (Å²) in [5, 5.41) is 14.8. The lowest BCUT2D eigenvalue weighted by atomic mass is 9.98. The maximum Gasteiger partial charge on any atom is 0.414 e. The van der Waals surface area contributed by atoms with Crippen LogP contribution in [0.1, 0.15) is 44.6 Å². The topological polar surface area (TPSA) is 90.3 Å². The van der Waals surface area contributed by atoms with E-state index in [1.165, 1.54) is 44.7 Å². The summed E-state index contributed by atoms with van der Waals surface area (Å²) in [6.07, 6.45) is 3.53. The fraction of sp³-hybridized carbons (Fsp3) is 0.619. The molecule has 2 rings (SSSR count). The summed E-state index contributed by atoms with van der Waals surface area (Å²) < 4.78 is 6.04. The van der Waals surface area contributed by atoms with Crippen LogP contribution in [0.4, 0.5) is 0 Å². The van der Waals surface area contributed by atoms with Crippen LogP contribution in [0, 0.1) is 0 Å². The molecular weight excluding hydrogens is 360 g/mol. The normalized spacial score (nSPS) is 16.0. The monoisotopic (exact) mass is 394 g/mol. The predicted molar refractivity (Wildman–Crippen MR) is 109 cm³/mol. The maximum atomic E-state index is 9.10. The molecule has 1 atom stereocenters. The van der Waals surface area contributed by atoms with Crippen LogP contribution in [0.15, 0.2) is 24.3 Å². The van der Waals surface area contributed by atoms with Gasteiger partial charge in [-0.1, -0.05) is 32.0 Å². The average molecular weight is 395 g/mol. The Hall–Kier alpha value is -2.12. The standard InChI is InChI=1S/C19H32N2O.C2H2O4/c1-4-17(2)18-9-5-6-10-19(18)22-16-8-7-11-21-14-12-20(3)13-15-21;3-1(4)2(5)6/h5-6,9-10,17H,4,7-8,11-16H2,1-3H3;(H,3,4)(H,5,6). The molecule has 158 valence electrons. The SMILES string of the molecule is CCC(C)c1ccccc1OCCCCN1CCN(C)CC1.O=C(O)C(=O)O. The van der Waals surface area contributed by atoms with Crippen LogP contribution in [0.2, 0.25) is 0 Å². The first-order chi connectivity index (χ1) is 13.3. The maximum absolute atomic E-state index is 9.10. The molecular formula is C21H34N2O5. The summed E-state index contributed by atoms with van der Waals surface area (Å²) in [5.41, 5.74) is 1.35. The minimum Gasteiger partial charge on any atom is -0.493 e. The van der Waals surface area contributed by atoms with Crippen molar-refractivity contribution in [3.63, 3.8) is 0 Å². The smallest absolute Gasteiger partial charge is 0.414 e. The fourth-order valence-corrected chi connectivity index (χ4v) is 2.93.